The molecule has 0 saturated heterocycles. The summed E-state index contributed by atoms with van der Waals surface area (Å²) in [5.74, 6) is -0.915. The number of hydrogen-bond donors (Lipinski definition) is 0. The van der Waals surface area contributed by atoms with E-state index in [0.29, 0.717) is 19.3 Å². The average molecular weight is 1130 g/mol. The Kier molecular flexibility index (Phi) is 66.2. The van der Waals surface area contributed by atoms with E-state index in [2.05, 4.69) is 106 Å². The van der Waals surface area contributed by atoms with E-state index in [1.807, 2.05) is 0 Å². The Bertz CT molecular complexity index is 1530. The van der Waals surface area contributed by atoms with Crippen molar-refractivity contribution in [3.05, 3.63) is 85.1 Å². The zero-order valence-electron chi connectivity index (χ0n) is 53.8. The molecule has 1 unspecified atom stereocenters. The summed E-state index contributed by atoms with van der Waals surface area (Å²) in [5, 5.41) is 0. The van der Waals surface area contributed by atoms with E-state index in [-0.39, 0.29) is 31.1 Å². The molecule has 0 amide bonds. The van der Waals surface area contributed by atoms with Crippen molar-refractivity contribution in [2.45, 2.75) is 361 Å². The number of carbonyl (C=O) groups excluding carboxylic acids is 3. The third-order valence-electron chi connectivity index (χ3n) is 15.4. The minimum Gasteiger partial charge on any atom is -0.462 e. The first-order valence-electron chi connectivity index (χ1n) is 35.1. The van der Waals surface area contributed by atoms with E-state index in [1.165, 1.54) is 218 Å². The number of esters is 3. The summed E-state index contributed by atoms with van der Waals surface area (Å²) in [6.07, 6.45) is 91.8. The predicted molar refractivity (Wildman–Crippen MR) is 353 cm³/mol. The van der Waals surface area contributed by atoms with Gasteiger partial charge in [0.15, 0.2) is 6.10 Å². The lowest BCUT2D eigenvalue weighted by Crippen LogP contribution is -2.30. The first-order valence-corrected chi connectivity index (χ1v) is 35.1. The van der Waals surface area contributed by atoms with Crippen LogP contribution in [0.3, 0.4) is 0 Å². The molecule has 0 aromatic carbocycles. The van der Waals surface area contributed by atoms with E-state index >= 15 is 0 Å². The predicted octanol–water partition coefficient (Wildman–Crippen LogP) is 24.2. The van der Waals surface area contributed by atoms with Gasteiger partial charge in [-0.15, -0.1) is 0 Å². The summed E-state index contributed by atoms with van der Waals surface area (Å²) in [6.45, 7) is 6.55. The minimum absolute atomic E-state index is 0.0879. The van der Waals surface area contributed by atoms with Gasteiger partial charge in [0.25, 0.3) is 0 Å². The highest BCUT2D eigenvalue weighted by Gasteiger charge is 2.19. The van der Waals surface area contributed by atoms with Gasteiger partial charge in [-0.1, -0.05) is 324 Å². The summed E-state index contributed by atoms with van der Waals surface area (Å²) in [4.78, 5) is 38.5. The van der Waals surface area contributed by atoms with Crippen LogP contribution in [0.4, 0.5) is 0 Å². The molecule has 0 bridgehead atoms. The Morgan fingerprint density at radius 2 is 0.481 bits per heavy atom. The van der Waals surface area contributed by atoms with Crippen LogP contribution in [-0.2, 0) is 28.6 Å². The zero-order chi connectivity index (χ0) is 58.5. The van der Waals surface area contributed by atoms with Gasteiger partial charge in [0.2, 0.25) is 0 Å². The largest absolute Gasteiger partial charge is 0.462 e. The number of hydrogen-bond acceptors (Lipinski definition) is 6. The first-order chi connectivity index (χ1) is 40.0. The average Bonchev–Trinajstić information content (AvgIpc) is 3.47. The van der Waals surface area contributed by atoms with Crippen LogP contribution in [0, 0.1) is 0 Å². The fraction of sp³-hybridized carbons (Fsp3) is 0.773. The number of ether oxygens (including phenoxy) is 3. The second-order valence-corrected chi connectivity index (χ2v) is 23.4. The summed E-state index contributed by atoms with van der Waals surface area (Å²) in [5.41, 5.74) is 0. The van der Waals surface area contributed by atoms with Crippen molar-refractivity contribution < 1.29 is 28.6 Å². The van der Waals surface area contributed by atoms with Gasteiger partial charge in [0.1, 0.15) is 13.2 Å². The van der Waals surface area contributed by atoms with Gasteiger partial charge in [0, 0.05) is 19.3 Å². The maximum atomic E-state index is 13.0. The van der Waals surface area contributed by atoms with Crippen LogP contribution >= 0.6 is 0 Å². The monoisotopic (exact) mass is 1130 g/mol. The third kappa shape index (κ3) is 67.3. The van der Waals surface area contributed by atoms with Crippen molar-refractivity contribution >= 4 is 17.9 Å². The highest BCUT2D eigenvalue weighted by Crippen LogP contribution is 2.18. The van der Waals surface area contributed by atoms with Crippen LogP contribution in [0.5, 0.6) is 0 Å². The highest BCUT2D eigenvalue weighted by molar-refractivity contribution is 5.71. The fourth-order valence-electron chi connectivity index (χ4n) is 10.2. The summed E-state index contributed by atoms with van der Waals surface area (Å²) in [7, 11) is 0. The molecular weight excluding hydrogens is 997 g/mol. The number of unbranched alkanes of at least 4 members (excludes halogenated alkanes) is 39. The quantitative estimate of drug-likeness (QED) is 0.0261. The van der Waals surface area contributed by atoms with Gasteiger partial charge in [-0.3, -0.25) is 14.4 Å². The van der Waals surface area contributed by atoms with E-state index in [9.17, 15) is 14.4 Å². The zero-order valence-corrected chi connectivity index (χ0v) is 53.8. The molecule has 0 saturated carbocycles. The number of allylic oxidation sites excluding steroid dienone is 14. The van der Waals surface area contributed by atoms with Crippen LogP contribution in [0.1, 0.15) is 355 Å². The molecule has 81 heavy (non-hydrogen) atoms. The molecule has 0 aromatic heterocycles. The number of rotatable bonds is 64. The van der Waals surface area contributed by atoms with Gasteiger partial charge in [-0.05, 0) is 96.3 Å². The summed E-state index contributed by atoms with van der Waals surface area (Å²) in [6, 6.07) is 0. The molecule has 6 nitrogen and oxygen atoms in total. The molecule has 0 aromatic rings. The lowest BCUT2D eigenvalue weighted by atomic mass is 10.0. The van der Waals surface area contributed by atoms with E-state index < -0.39 is 6.10 Å². The Morgan fingerprint density at radius 3 is 0.790 bits per heavy atom. The highest BCUT2D eigenvalue weighted by atomic mass is 16.6. The Morgan fingerprint density at radius 1 is 0.259 bits per heavy atom. The van der Waals surface area contributed by atoms with Crippen molar-refractivity contribution in [1.82, 2.24) is 0 Å². The fourth-order valence-corrected chi connectivity index (χ4v) is 10.2. The van der Waals surface area contributed by atoms with Crippen molar-refractivity contribution in [2.24, 2.45) is 0 Å². The summed E-state index contributed by atoms with van der Waals surface area (Å²) < 4.78 is 17.0. The van der Waals surface area contributed by atoms with Crippen LogP contribution in [0.2, 0.25) is 0 Å². The van der Waals surface area contributed by atoms with E-state index in [4.69, 9.17) is 14.2 Å². The van der Waals surface area contributed by atoms with Crippen molar-refractivity contribution in [2.75, 3.05) is 13.2 Å². The topological polar surface area (TPSA) is 78.9 Å². The minimum atomic E-state index is -0.797. The molecule has 0 rings (SSSR count). The summed E-state index contributed by atoms with van der Waals surface area (Å²) >= 11 is 0. The third-order valence-corrected chi connectivity index (χ3v) is 15.4. The van der Waals surface area contributed by atoms with Crippen LogP contribution in [-0.4, -0.2) is 37.2 Å². The number of carbonyl (C=O) groups is 3. The SMILES string of the molecule is CC/C=C\C/C=C\C/C=C\C/C=C\C/C=C\C/C=C\CCCCC(=O)OCC(COC(=O)CCCCCCCCCCCCCCCCCCCCCCC)OC(=O)CCCCCCCCCCC/C=C\CCCCCCCCCC. The smallest absolute Gasteiger partial charge is 0.306 e. The molecule has 0 N–H and O–H groups in total. The molecule has 0 radical (unpaired) electrons. The van der Waals surface area contributed by atoms with Gasteiger partial charge < -0.3 is 14.2 Å². The molecule has 468 valence electrons. The van der Waals surface area contributed by atoms with Gasteiger partial charge in [-0.25, -0.2) is 0 Å². The van der Waals surface area contributed by atoms with Crippen LogP contribution < -0.4 is 0 Å². The van der Waals surface area contributed by atoms with Crippen LogP contribution in [0.15, 0.2) is 85.1 Å². The maximum Gasteiger partial charge on any atom is 0.306 e. The molecule has 0 aliphatic carbocycles. The van der Waals surface area contributed by atoms with Gasteiger partial charge >= 0.3 is 17.9 Å². The first kappa shape index (κ1) is 77.6. The lowest BCUT2D eigenvalue weighted by molar-refractivity contribution is -0.167. The Balaban J connectivity index is 4.42. The van der Waals surface area contributed by atoms with E-state index in [1.54, 1.807) is 0 Å². The lowest BCUT2D eigenvalue weighted by Gasteiger charge is -2.18. The standard InChI is InChI=1S/C75H132O6/c1-4-7-10-13-16-19-22-25-28-31-34-37-40-43-46-49-52-55-58-61-64-67-73(76)79-70-72(81-75(78)69-66-63-60-57-54-51-48-45-42-39-36-33-30-27-24-21-18-15-12-9-6-3)71-80-74(77)68-65-62-59-56-53-50-47-44-41-38-35-32-29-26-23-20-17-14-11-8-5-2/h7,10,16,19,25,28,33-34,36-37,43,46,52,55,72H,4-6,8-9,11-15,17-18,20-24,26-27,29-32,35,38-42,44-45,47-51,53-54,56-71H2,1-3H3/b10-7-,19-16-,28-25-,36-33-,37-34-,46-43-,55-52-. The molecule has 0 aliphatic heterocycles. The molecule has 0 aliphatic rings. The maximum absolute atomic E-state index is 13.0. The van der Waals surface area contributed by atoms with Crippen molar-refractivity contribution in [3.8, 4) is 0 Å². The molecule has 6 heteroatoms. The Hall–Kier alpha value is -3.41. The Labute approximate surface area is 503 Å². The molecule has 0 spiro atoms. The van der Waals surface area contributed by atoms with Crippen LogP contribution in [0.25, 0.3) is 0 Å². The molecular formula is C75H132O6. The van der Waals surface area contributed by atoms with Gasteiger partial charge in [-0.2, -0.15) is 0 Å². The molecule has 1 atom stereocenters. The second kappa shape index (κ2) is 69.1. The van der Waals surface area contributed by atoms with Gasteiger partial charge in [0.05, 0.1) is 0 Å². The van der Waals surface area contributed by atoms with Crippen molar-refractivity contribution in [1.29, 1.82) is 0 Å². The van der Waals surface area contributed by atoms with Crippen molar-refractivity contribution in [3.63, 3.8) is 0 Å². The second-order valence-electron chi connectivity index (χ2n) is 23.4. The molecule has 0 fully saturated rings. The van der Waals surface area contributed by atoms with E-state index in [0.717, 1.165) is 96.3 Å². The normalized spacial score (nSPS) is 12.6. The molecule has 0 heterocycles.